The van der Waals surface area contributed by atoms with Gasteiger partial charge in [0.05, 0.1) is 0 Å². The molecule has 1 aromatic carbocycles. The third-order valence-electron chi connectivity index (χ3n) is 1.17. The fraction of sp³-hybridized carbons (Fsp3) is 0.143. The molecule has 0 aliphatic heterocycles. The molecular weight excluding hydrogens is 167 g/mol. The first-order valence-electron chi connectivity index (χ1n) is 2.88. The Labute approximate surface area is 64.6 Å². The van der Waals surface area contributed by atoms with Crippen LogP contribution >= 0.6 is 0 Å². The van der Waals surface area contributed by atoms with Gasteiger partial charge in [0.1, 0.15) is 10.7 Å². The van der Waals surface area contributed by atoms with E-state index in [0.717, 1.165) is 6.26 Å². The summed E-state index contributed by atoms with van der Waals surface area (Å²) in [5.74, 6) is -0.824. The van der Waals surface area contributed by atoms with E-state index in [0.29, 0.717) is 0 Å². The van der Waals surface area contributed by atoms with Crippen molar-refractivity contribution in [2.75, 3.05) is 6.26 Å². The number of benzene rings is 1. The zero-order valence-electron chi connectivity index (χ0n) is 5.83. The van der Waals surface area contributed by atoms with Gasteiger partial charge in [-0.05, 0) is 6.07 Å². The fourth-order valence-corrected chi connectivity index (χ4v) is 1.40. The van der Waals surface area contributed by atoms with Crippen LogP contribution in [0.25, 0.3) is 0 Å². The Morgan fingerprint density at radius 2 is 2.18 bits per heavy atom. The minimum atomic E-state index is -3.44. The molecule has 0 N–H and O–H groups in total. The van der Waals surface area contributed by atoms with Gasteiger partial charge in [0, 0.05) is 12.3 Å². The highest BCUT2D eigenvalue weighted by molar-refractivity contribution is 7.90. The topological polar surface area (TPSA) is 34.1 Å². The Hall–Kier alpha value is -0.900. The van der Waals surface area contributed by atoms with Crippen molar-refractivity contribution < 1.29 is 12.8 Å². The summed E-state index contributed by atoms with van der Waals surface area (Å²) in [6, 6.07) is 6.12. The largest absolute Gasteiger partial charge is 0.224 e. The predicted octanol–water partition coefficient (Wildman–Crippen LogP) is 1.03. The van der Waals surface area contributed by atoms with Crippen molar-refractivity contribution in [1.82, 2.24) is 0 Å². The maximum atomic E-state index is 12.7. The van der Waals surface area contributed by atoms with E-state index < -0.39 is 15.7 Å². The average Bonchev–Trinajstić information content (AvgIpc) is 1.86. The molecule has 4 heteroatoms. The molecule has 2 nitrogen and oxygen atoms in total. The highest BCUT2D eigenvalue weighted by Crippen LogP contribution is 2.11. The van der Waals surface area contributed by atoms with Gasteiger partial charge in [-0.3, -0.25) is 0 Å². The normalized spacial score (nSPS) is 11.5. The van der Waals surface area contributed by atoms with Crippen molar-refractivity contribution in [1.29, 1.82) is 0 Å². The minimum Gasteiger partial charge on any atom is -0.224 e. The lowest BCUT2D eigenvalue weighted by atomic mass is 10.4. The Balaban J connectivity index is 3.37. The molecule has 0 unspecified atom stereocenters. The monoisotopic (exact) mass is 173 g/mol. The summed E-state index contributed by atoms with van der Waals surface area (Å²) in [5, 5.41) is 0. The lowest BCUT2D eigenvalue weighted by molar-refractivity contribution is 0.569. The Bertz CT molecular complexity index is 356. The van der Waals surface area contributed by atoms with E-state index in [-0.39, 0.29) is 4.90 Å². The van der Waals surface area contributed by atoms with E-state index in [1.165, 1.54) is 18.2 Å². The molecule has 1 aromatic rings. The summed E-state index contributed by atoms with van der Waals surface area (Å²) in [5.41, 5.74) is 0. The third kappa shape index (κ3) is 1.77. The molecule has 0 heterocycles. The number of sulfone groups is 1. The second kappa shape index (κ2) is 2.62. The standard InChI is InChI=1S/C7H6FO2S/c1-11(9,10)7-5-3-2-4-6(7)8/h2-3,5H,1H3. The van der Waals surface area contributed by atoms with Crippen LogP contribution in [0.1, 0.15) is 0 Å². The minimum absolute atomic E-state index is 0.306. The van der Waals surface area contributed by atoms with E-state index in [1.807, 2.05) is 0 Å². The van der Waals surface area contributed by atoms with Crippen LogP contribution < -0.4 is 0 Å². The third-order valence-corrected chi connectivity index (χ3v) is 2.28. The first kappa shape index (κ1) is 8.20. The molecule has 59 valence electrons. The first-order chi connectivity index (χ1) is 5.02. The van der Waals surface area contributed by atoms with Gasteiger partial charge >= 0.3 is 0 Å². The second-order valence-corrected chi connectivity index (χ2v) is 4.10. The van der Waals surface area contributed by atoms with Crippen molar-refractivity contribution in [2.45, 2.75) is 4.90 Å². The van der Waals surface area contributed by atoms with Gasteiger partial charge < -0.3 is 0 Å². The molecular formula is C7H6FO2S. The average molecular weight is 173 g/mol. The molecule has 0 saturated heterocycles. The number of halogens is 1. The van der Waals surface area contributed by atoms with Gasteiger partial charge in [-0.15, -0.1) is 0 Å². The predicted molar refractivity (Wildman–Crippen MR) is 38.3 cm³/mol. The summed E-state index contributed by atoms with van der Waals surface area (Å²) in [4.78, 5) is -0.306. The highest BCUT2D eigenvalue weighted by Gasteiger charge is 2.11. The van der Waals surface area contributed by atoms with Gasteiger partial charge in [-0.2, -0.15) is 0 Å². The van der Waals surface area contributed by atoms with Gasteiger partial charge in [0.25, 0.3) is 0 Å². The Morgan fingerprint density at radius 3 is 2.55 bits per heavy atom. The van der Waals surface area contributed by atoms with Crippen molar-refractivity contribution in [2.24, 2.45) is 0 Å². The quantitative estimate of drug-likeness (QED) is 0.635. The van der Waals surface area contributed by atoms with Crippen LogP contribution in [0.3, 0.4) is 0 Å². The van der Waals surface area contributed by atoms with Crippen LogP contribution in [0.2, 0.25) is 0 Å². The molecule has 0 atom stereocenters. The molecule has 11 heavy (non-hydrogen) atoms. The number of rotatable bonds is 1. The summed E-state index contributed by atoms with van der Waals surface area (Å²) >= 11 is 0. The number of hydrogen-bond donors (Lipinski definition) is 0. The molecule has 0 aliphatic carbocycles. The SMILES string of the molecule is CS(=O)(=O)c1ccc[c]c1F. The maximum absolute atomic E-state index is 12.7. The Morgan fingerprint density at radius 1 is 1.55 bits per heavy atom. The van der Waals surface area contributed by atoms with E-state index >= 15 is 0 Å². The van der Waals surface area contributed by atoms with E-state index in [4.69, 9.17) is 0 Å². The molecule has 0 spiro atoms. The van der Waals surface area contributed by atoms with Crippen LogP contribution in [0.4, 0.5) is 4.39 Å². The second-order valence-electron chi connectivity index (χ2n) is 2.12. The molecule has 0 amide bonds. The number of hydrogen-bond acceptors (Lipinski definition) is 2. The molecule has 1 rings (SSSR count). The zero-order chi connectivity index (χ0) is 8.48. The molecule has 1 radical (unpaired) electrons. The molecule has 0 aliphatic rings. The van der Waals surface area contributed by atoms with Crippen molar-refractivity contribution in [3.05, 3.63) is 30.1 Å². The van der Waals surface area contributed by atoms with Gasteiger partial charge in [0.15, 0.2) is 9.84 Å². The smallest absolute Gasteiger partial charge is 0.178 e. The summed E-state index contributed by atoms with van der Waals surface area (Å²) in [7, 11) is -3.44. The van der Waals surface area contributed by atoms with E-state index in [1.54, 1.807) is 0 Å². The van der Waals surface area contributed by atoms with Crippen LogP contribution in [0.5, 0.6) is 0 Å². The van der Waals surface area contributed by atoms with Crippen molar-refractivity contribution in [3.63, 3.8) is 0 Å². The van der Waals surface area contributed by atoms with Gasteiger partial charge in [-0.1, -0.05) is 12.1 Å². The lowest BCUT2D eigenvalue weighted by Crippen LogP contribution is -1.99. The molecule has 0 saturated carbocycles. The first-order valence-corrected chi connectivity index (χ1v) is 4.77. The van der Waals surface area contributed by atoms with Crippen LogP contribution in [0.15, 0.2) is 23.1 Å². The Kier molecular flexibility index (Phi) is 1.95. The molecule has 0 fully saturated rings. The fourth-order valence-electron chi connectivity index (χ4n) is 0.687. The summed E-state index contributed by atoms with van der Waals surface area (Å²) in [6.07, 6.45) is 0.958. The van der Waals surface area contributed by atoms with Crippen LogP contribution in [0, 0.1) is 11.9 Å². The van der Waals surface area contributed by atoms with Crippen molar-refractivity contribution >= 4 is 9.84 Å². The molecule has 0 bridgehead atoms. The van der Waals surface area contributed by atoms with E-state index in [2.05, 4.69) is 6.07 Å². The van der Waals surface area contributed by atoms with Crippen molar-refractivity contribution in [3.8, 4) is 0 Å². The lowest BCUT2D eigenvalue weighted by Gasteiger charge is -1.96. The summed E-state index contributed by atoms with van der Waals surface area (Å²) < 4.78 is 34.2. The van der Waals surface area contributed by atoms with Crippen LogP contribution in [-0.2, 0) is 9.84 Å². The van der Waals surface area contributed by atoms with Gasteiger partial charge in [-0.25, -0.2) is 12.8 Å². The molecule has 0 aromatic heterocycles. The van der Waals surface area contributed by atoms with Crippen LogP contribution in [-0.4, -0.2) is 14.7 Å². The zero-order valence-corrected chi connectivity index (χ0v) is 6.65. The summed E-state index contributed by atoms with van der Waals surface area (Å²) in [6.45, 7) is 0. The van der Waals surface area contributed by atoms with Gasteiger partial charge in [0.2, 0.25) is 0 Å². The maximum Gasteiger partial charge on any atom is 0.178 e. The van der Waals surface area contributed by atoms with E-state index in [9.17, 15) is 12.8 Å². The highest BCUT2D eigenvalue weighted by atomic mass is 32.2.